The Morgan fingerprint density at radius 2 is 2.05 bits per heavy atom. The summed E-state index contributed by atoms with van der Waals surface area (Å²) in [5.41, 5.74) is -3.32. The molecule has 0 aliphatic carbocycles. The van der Waals surface area contributed by atoms with Crippen molar-refractivity contribution in [2.75, 3.05) is 7.11 Å². The average molecular weight is 285 g/mol. The van der Waals surface area contributed by atoms with Crippen LogP contribution in [-0.2, 0) is 17.4 Å². The molecular weight excluding hydrogens is 277 g/mol. The standard InChI is InChI=1S/C10H8F5NO3/c1-19-8-5(10(13,14)15)2-4(3-6(17)18)16-7(8)9(11)12/h2,9H,3H2,1H3,(H,17,18). The number of halogens is 5. The number of aromatic nitrogens is 1. The number of carboxylic acid groups (broad SMARTS) is 1. The van der Waals surface area contributed by atoms with Gasteiger partial charge in [0.25, 0.3) is 6.43 Å². The molecule has 0 spiro atoms. The van der Waals surface area contributed by atoms with Crippen molar-refractivity contribution in [2.24, 2.45) is 0 Å². The summed E-state index contributed by atoms with van der Waals surface area (Å²) < 4.78 is 67.7. The van der Waals surface area contributed by atoms with Crippen molar-refractivity contribution in [2.45, 2.75) is 19.0 Å². The van der Waals surface area contributed by atoms with Gasteiger partial charge in [0.15, 0.2) is 5.75 Å². The Hall–Kier alpha value is -1.93. The summed E-state index contributed by atoms with van der Waals surface area (Å²) in [6, 6.07) is 0.388. The molecular formula is C10H8F5NO3. The molecule has 1 heterocycles. The normalized spacial score (nSPS) is 11.7. The van der Waals surface area contributed by atoms with Crippen LogP contribution in [-0.4, -0.2) is 23.2 Å². The zero-order valence-electron chi connectivity index (χ0n) is 9.46. The van der Waals surface area contributed by atoms with Crippen LogP contribution in [0.5, 0.6) is 5.75 Å². The lowest BCUT2D eigenvalue weighted by atomic mass is 10.1. The van der Waals surface area contributed by atoms with Gasteiger partial charge in [-0.1, -0.05) is 0 Å². The fourth-order valence-corrected chi connectivity index (χ4v) is 1.43. The minimum absolute atomic E-state index is 0.388. The van der Waals surface area contributed by atoms with Crippen LogP contribution in [0.1, 0.15) is 23.4 Å². The molecule has 0 fully saturated rings. The molecule has 9 heteroatoms. The molecule has 0 saturated carbocycles. The molecule has 1 aromatic rings. The van der Waals surface area contributed by atoms with E-state index in [0.29, 0.717) is 6.07 Å². The first-order valence-electron chi connectivity index (χ1n) is 4.81. The molecule has 0 aliphatic heterocycles. The number of aliphatic carboxylic acids is 1. The smallest absolute Gasteiger partial charge is 0.420 e. The van der Waals surface area contributed by atoms with Crippen LogP contribution in [0.25, 0.3) is 0 Å². The van der Waals surface area contributed by atoms with E-state index in [9.17, 15) is 26.7 Å². The fraction of sp³-hybridized carbons (Fsp3) is 0.400. The third-order valence-electron chi connectivity index (χ3n) is 2.10. The number of hydrogen-bond acceptors (Lipinski definition) is 3. The lowest BCUT2D eigenvalue weighted by molar-refractivity contribution is -0.140. The SMILES string of the molecule is COc1c(C(F)(F)F)cc(CC(=O)O)nc1C(F)F. The number of rotatable bonds is 4. The van der Waals surface area contributed by atoms with Gasteiger partial charge in [-0.3, -0.25) is 4.79 Å². The van der Waals surface area contributed by atoms with Gasteiger partial charge >= 0.3 is 12.1 Å². The summed E-state index contributed by atoms with van der Waals surface area (Å²) >= 11 is 0. The van der Waals surface area contributed by atoms with E-state index >= 15 is 0 Å². The number of hydrogen-bond donors (Lipinski definition) is 1. The molecule has 1 N–H and O–H groups in total. The minimum atomic E-state index is -4.95. The first-order valence-corrected chi connectivity index (χ1v) is 4.81. The Balaban J connectivity index is 3.49. The summed E-state index contributed by atoms with van der Waals surface area (Å²) in [4.78, 5) is 13.6. The Morgan fingerprint density at radius 3 is 2.42 bits per heavy atom. The summed E-state index contributed by atoms with van der Waals surface area (Å²) in [5, 5.41) is 8.48. The number of carbonyl (C=O) groups is 1. The zero-order chi connectivity index (χ0) is 14.8. The molecule has 0 unspecified atom stereocenters. The van der Waals surface area contributed by atoms with Crippen LogP contribution < -0.4 is 4.74 Å². The van der Waals surface area contributed by atoms with E-state index < -0.39 is 47.7 Å². The third kappa shape index (κ3) is 3.52. The zero-order valence-corrected chi connectivity index (χ0v) is 9.46. The van der Waals surface area contributed by atoms with E-state index in [1.165, 1.54) is 0 Å². The highest BCUT2D eigenvalue weighted by Gasteiger charge is 2.38. The van der Waals surface area contributed by atoms with E-state index in [1.54, 1.807) is 0 Å². The van der Waals surface area contributed by atoms with E-state index in [0.717, 1.165) is 7.11 Å². The molecule has 1 rings (SSSR count). The molecule has 0 amide bonds. The van der Waals surface area contributed by atoms with E-state index in [-0.39, 0.29) is 0 Å². The maximum Gasteiger partial charge on any atom is 0.420 e. The van der Waals surface area contributed by atoms with E-state index in [2.05, 4.69) is 9.72 Å². The summed E-state index contributed by atoms with van der Waals surface area (Å²) in [6.45, 7) is 0. The van der Waals surface area contributed by atoms with Crippen molar-refractivity contribution < 1.29 is 36.6 Å². The molecule has 0 aliphatic rings. The van der Waals surface area contributed by atoms with Gasteiger partial charge in [0.1, 0.15) is 11.3 Å². The summed E-state index contributed by atoms with van der Waals surface area (Å²) in [7, 11) is 0.801. The fourth-order valence-electron chi connectivity index (χ4n) is 1.43. The first-order chi connectivity index (χ1) is 8.66. The van der Waals surface area contributed by atoms with Crippen molar-refractivity contribution >= 4 is 5.97 Å². The average Bonchev–Trinajstić information content (AvgIpc) is 2.25. The number of methoxy groups -OCH3 is 1. The van der Waals surface area contributed by atoms with Crippen LogP contribution in [0.15, 0.2) is 6.07 Å². The summed E-state index contributed by atoms with van der Waals surface area (Å²) in [6.07, 6.45) is -9.16. The van der Waals surface area contributed by atoms with Crippen LogP contribution in [0.3, 0.4) is 0 Å². The lowest BCUT2D eigenvalue weighted by Gasteiger charge is -2.16. The first kappa shape index (κ1) is 15.1. The molecule has 0 aromatic carbocycles. The minimum Gasteiger partial charge on any atom is -0.494 e. The molecule has 106 valence electrons. The monoisotopic (exact) mass is 285 g/mol. The third-order valence-corrected chi connectivity index (χ3v) is 2.10. The highest BCUT2D eigenvalue weighted by Crippen LogP contribution is 2.40. The molecule has 1 aromatic heterocycles. The topological polar surface area (TPSA) is 59.4 Å². The highest BCUT2D eigenvalue weighted by atomic mass is 19.4. The van der Waals surface area contributed by atoms with E-state index in [1.807, 2.05) is 0 Å². The van der Waals surface area contributed by atoms with Gasteiger partial charge in [-0.2, -0.15) is 13.2 Å². The molecule has 0 bridgehead atoms. The number of ether oxygens (including phenoxy) is 1. The van der Waals surface area contributed by atoms with Crippen molar-refractivity contribution in [1.29, 1.82) is 0 Å². The number of nitrogens with zero attached hydrogens (tertiary/aromatic N) is 1. The molecule has 0 saturated heterocycles. The van der Waals surface area contributed by atoms with Crippen molar-refractivity contribution in [1.82, 2.24) is 4.98 Å². The second-order valence-electron chi connectivity index (χ2n) is 3.45. The maximum absolute atomic E-state index is 12.7. The van der Waals surface area contributed by atoms with Crippen molar-refractivity contribution in [3.63, 3.8) is 0 Å². The van der Waals surface area contributed by atoms with Crippen LogP contribution >= 0.6 is 0 Å². The molecule has 19 heavy (non-hydrogen) atoms. The molecule has 0 radical (unpaired) electrons. The number of carboxylic acids is 1. The van der Waals surface area contributed by atoms with Gasteiger partial charge in [0.2, 0.25) is 0 Å². The second kappa shape index (κ2) is 5.37. The van der Waals surface area contributed by atoms with Crippen molar-refractivity contribution in [3.05, 3.63) is 23.0 Å². The quantitative estimate of drug-likeness (QED) is 0.864. The van der Waals surface area contributed by atoms with Gasteiger partial charge in [0, 0.05) is 0 Å². The Kier molecular flexibility index (Phi) is 4.28. The van der Waals surface area contributed by atoms with Gasteiger partial charge in [-0.15, -0.1) is 0 Å². The lowest BCUT2D eigenvalue weighted by Crippen LogP contribution is -2.14. The van der Waals surface area contributed by atoms with Gasteiger partial charge in [-0.05, 0) is 6.07 Å². The predicted octanol–water partition coefficient (Wildman–Crippen LogP) is 2.67. The number of pyridine rings is 1. The van der Waals surface area contributed by atoms with Crippen LogP contribution in [0, 0.1) is 0 Å². The van der Waals surface area contributed by atoms with Crippen molar-refractivity contribution in [3.8, 4) is 5.75 Å². The van der Waals surface area contributed by atoms with Gasteiger partial charge < -0.3 is 9.84 Å². The van der Waals surface area contributed by atoms with Crippen LogP contribution in [0.2, 0.25) is 0 Å². The highest BCUT2D eigenvalue weighted by molar-refractivity contribution is 5.69. The molecule has 0 atom stereocenters. The van der Waals surface area contributed by atoms with Gasteiger partial charge in [-0.25, -0.2) is 13.8 Å². The Labute approximate surface area is 103 Å². The van der Waals surface area contributed by atoms with E-state index in [4.69, 9.17) is 5.11 Å². The van der Waals surface area contributed by atoms with Gasteiger partial charge in [0.05, 0.1) is 19.2 Å². The maximum atomic E-state index is 12.7. The summed E-state index contributed by atoms with van der Waals surface area (Å²) in [5.74, 6) is -2.58. The second-order valence-corrected chi connectivity index (χ2v) is 3.45. The number of alkyl halides is 5. The Morgan fingerprint density at radius 1 is 1.47 bits per heavy atom. The van der Waals surface area contributed by atoms with Crippen LogP contribution in [0.4, 0.5) is 22.0 Å². The Bertz CT molecular complexity index is 487. The largest absolute Gasteiger partial charge is 0.494 e. The molecule has 4 nitrogen and oxygen atoms in total. The predicted molar refractivity (Wildman–Crippen MR) is 52.1 cm³/mol.